The summed E-state index contributed by atoms with van der Waals surface area (Å²) in [5.41, 5.74) is 2.65. The fraction of sp³-hybridized carbons (Fsp3) is 0.400. The third kappa shape index (κ3) is 3.55. The number of aryl methyl sites for hydroxylation is 1. The van der Waals surface area contributed by atoms with Crippen LogP contribution in [0.2, 0.25) is 5.02 Å². The summed E-state index contributed by atoms with van der Waals surface area (Å²) in [5.74, 6) is 1.66. The predicted molar refractivity (Wildman–Crippen MR) is 106 cm³/mol. The minimum absolute atomic E-state index is 0.614. The van der Waals surface area contributed by atoms with Crippen LogP contribution in [-0.2, 0) is 0 Å². The molecule has 1 aliphatic heterocycles. The number of benzene rings is 1. The maximum Gasteiger partial charge on any atom is 0.232 e. The summed E-state index contributed by atoms with van der Waals surface area (Å²) >= 11 is 6.00. The van der Waals surface area contributed by atoms with Crippen molar-refractivity contribution < 1.29 is 4.42 Å². The highest BCUT2D eigenvalue weighted by molar-refractivity contribution is 6.30. The Kier molecular flexibility index (Phi) is 5.09. The molecule has 1 saturated heterocycles. The van der Waals surface area contributed by atoms with Crippen LogP contribution in [0.5, 0.6) is 0 Å². The number of aromatic nitrogens is 2. The van der Waals surface area contributed by atoms with E-state index in [2.05, 4.69) is 27.1 Å². The summed E-state index contributed by atoms with van der Waals surface area (Å²) in [6, 6.07) is 7.66. The number of furan rings is 1. The largest absolute Gasteiger partial charge is 0.437 e. The molecule has 1 aromatic carbocycles. The molecule has 1 aliphatic rings. The van der Waals surface area contributed by atoms with Crippen molar-refractivity contribution in [2.45, 2.75) is 26.2 Å². The quantitative estimate of drug-likeness (QED) is 0.702. The monoisotopic (exact) mass is 370 g/mol. The number of anilines is 1. The van der Waals surface area contributed by atoms with Gasteiger partial charge < -0.3 is 14.6 Å². The third-order valence-corrected chi connectivity index (χ3v) is 5.25. The van der Waals surface area contributed by atoms with Gasteiger partial charge in [-0.15, -0.1) is 0 Å². The molecule has 0 unspecified atom stereocenters. The second-order valence-electron chi connectivity index (χ2n) is 6.79. The van der Waals surface area contributed by atoms with E-state index in [-0.39, 0.29) is 0 Å². The predicted octanol–water partition coefficient (Wildman–Crippen LogP) is 4.75. The van der Waals surface area contributed by atoms with Crippen LogP contribution in [0.1, 0.15) is 24.8 Å². The lowest BCUT2D eigenvalue weighted by Gasteiger charge is -2.26. The molecule has 6 heteroatoms. The maximum atomic E-state index is 6.02. The molecule has 0 aliphatic carbocycles. The van der Waals surface area contributed by atoms with Crippen molar-refractivity contribution in [3.8, 4) is 11.3 Å². The Hall–Kier alpha value is -2.11. The molecule has 0 spiro atoms. The van der Waals surface area contributed by atoms with Gasteiger partial charge >= 0.3 is 0 Å². The van der Waals surface area contributed by atoms with E-state index >= 15 is 0 Å². The number of nitrogens with zero attached hydrogens (tertiary/aromatic N) is 3. The zero-order valence-electron chi connectivity index (χ0n) is 15.0. The van der Waals surface area contributed by atoms with Crippen LogP contribution in [0.15, 0.2) is 35.0 Å². The molecule has 0 atom stereocenters. The maximum absolute atomic E-state index is 6.02. The molecular weight excluding hydrogens is 348 g/mol. The second kappa shape index (κ2) is 7.64. The van der Waals surface area contributed by atoms with Crippen molar-refractivity contribution in [3.05, 3.63) is 41.2 Å². The Morgan fingerprint density at radius 1 is 1.12 bits per heavy atom. The van der Waals surface area contributed by atoms with Gasteiger partial charge in [-0.3, -0.25) is 0 Å². The molecule has 3 aromatic rings. The summed E-state index contributed by atoms with van der Waals surface area (Å²) in [6.45, 7) is 6.35. The summed E-state index contributed by atoms with van der Waals surface area (Å²) in [4.78, 5) is 11.3. The highest BCUT2D eigenvalue weighted by Crippen LogP contribution is 2.35. The molecule has 2 aromatic heterocycles. The first-order valence-electron chi connectivity index (χ1n) is 9.18. The van der Waals surface area contributed by atoms with Crippen LogP contribution in [0.25, 0.3) is 22.4 Å². The summed E-state index contributed by atoms with van der Waals surface area (Å²) in [7, 11) is 0. The molecule has 0 amide bonds. The van der Waals surface area contributed by atoms with Gasteiger partial charge in [-0.05, 0) is 57.1 Å². The average molecular weight is 371 g/mol. The van der Waals surface area contributed by atoms with Crippen molar-refractivity contribution in [1.82, 2.24) is 14.9 Å². The highest BCUT2D eigenvalue weighted by atomic mass is 35.5. The summed E-state index contributed by atoms with van der Waals surface area (Å²) in [5, 5.41) is 5.14. The lowest BCUT2D eigenvalue weighted by Crippen LogP contribution is -2.33. The normalized spacial score (nSPS) is 15.5. The molecule has 4 rings (SSSR count). The van der Waals surface area contributed by atoms with Crippen molar-refractivity contribution in [1.29, 1.82) is 0 Å². The number of likely N-dealkylation sites (tertiary alicyclic amines) is 1. The van der Waals surface area contributed by atoms with Crippen LogP contribution in [0.3, 0.4) is 0 Å². The van der Waals surface area contributed by atoms with E-state index < -0.39 is 0 Å². The zero-order valence-corrected chi connectivity index (χ0v) is 15.7. The average Bonchev–Trinajstić information content (AvgIpc) is 3.01. The number of nitrogens with one attached hydrogen (secondary N) is 1. The van der Waals surface area contributed by atoms with Gasteiger partial charge in [-0.2, -0.15) is 0 Å². The van der Waals surface area contributed by atoms with Crippen LogP contribution in [-0.4, -0.2) is 41.0 Å². The van der Waals surface area contributed by atoms with Crippen LogP contribution in [0.4, 0.5) is 5.82 Å². The summed E-state index contributed by atoms with van der Waals surface area (Å²) < 4.78 is 6.02. The van der Waals surface area contributed by atoms with Crippen LogP contribution in [0, 0.1) is 6.92 Å². The van der Waals surface area contributed by atoms with Gasteiger partial charge in [0.05, 0.1) is 5.39 Å². The Labute approximate surface area is 158 Å². The smallest absolute Gasteiger partial charge is 0.232 e. The molecule has 1 fully saturated rings. The third-order valence-electron chi connectivity index (χ3n) is 5.00. The molecule has 3 heterocycles. The van der Waals surface area contributed by atoms with Crippen molar-refractivity contribution >= 4 is 28.5 Å². The molecule has 0 bridgehead atoms. The summed E-state index contributed by atoms with van der Waals surface area (Å²) in [6.07, 6.45) is 5.53. The minimum atomic E-state index is 0.614. The van der Waals surface area contributed by atoms with Gasteiger partial charge in [0.25, 0.3) is 0 Å². The molecule has 0 saturated carbocycles. The molecule has 136 valence electrons. The topological polar surface area (TPSA) is 54.2 Å². The van der Waals surface area contributed by atoms with Crippen molar-refractivity contribution in [2.24, 2.45) is 0 Å². The Bertz CT molecular complexity index is 885. The van der Waals surface area contributed by atoms with Gasteiger partial charge in [0.1, 0.15) is 17.9 Å². The number of fused-ring (bicyclic) bond motifs is 1. The fourth-order valence-corrected chi connectivity index (χ4v) is 3.72. The Balaban J connectivity index is 1.56. The molecule has 26 heavy (non-hydrogen) atoms. The number of hydrogen-bond donors (Lipinski definition) is 1. The van der Waals surface area contributed by atoms with Crippen molar-refractivity contribution in [2.75, 3.05) is 31.5 Å². The van der Waals surface area contributed by atoms with Gasteiger partial charge in [-0.25, -0.2) is 9.97 Å². The molecular formula is C20H23ClN4O. The Morgan fingerprint density at radius 3 is 2.65 bits per heavy atom. The molecule has 1 N–H and O–H groups in total. The standard InChI is InChI=1S/C20H23ClN4O/c1-14-17-19(22-9-12-25-10-3-2-4-11-25)23-13-24-20(17)26-18(14)15-5-7-16(21)8-6-15/h5-8,13H,2-4,9-12H2,1H3,(H,22,23,24). The van der Waals surface area contributed by atoms with Crippen molar-refractivity contribution in [3.63, 3.8) is 0 Å². The van der Waals surface area contributed by atoms with E-state index in [1.54, 1.807) is 6.33 Å². The van der Waals surface area contributed by atoms with Crippen LogP contribution >= 0.6 is 11.6 Å². The Morgan fingerprint density at radius 2 is 1.88 bits per heavy atom. The first kappa shape index (κ1) is 17.3. The number of hydrogen-bond acceptors (Lipinski definition) is 5. The van der Waals surface area contributed by atoms with Gasteiger partial charge in [0.15, 0.2) is 0 Å². The fourth-order valence-electron chi connectivity index (χ4n) is 3.60. The number of halogens is 1. The second-order valence-corrected chi connectivity index (χ2v) is 7.23. The van der Waals surface area contributed by atoms with E-state index in [1.165, 1.54) is 32.4 Å². The van der Waals surface area contributed by atoms with Gasteiger partial charge in [-0.1, -0.05) is 18.0 Å². The molecule has 0 radical (unpaired) electrons. The highest BCUT2D eigenvalue weighted by Gasteiger charge is 2.17. The van der Waals surface area contributed by atoms with E-state index in [9.17, 15) is 0 Å². The van der Waals surface area contributed by atoms with Gasteiger partial charge in [0, 0.05) is 29.2 Å². The zero-order chi connectivity index (χ0) is 17.9. The van der Waals surface area contributed by atoms with E-state index in [4.69, 9.17) is 16.0 Å². The number of piperidine rings is 1. The first-order valence-corrected chi connectivity index (χ1v) is 9.56. The van der Waals surface area contributed by atoms with E-state index in [0.29, 0.717) is 10.7 Å². The van der Waals surface area contributed by atoms with E-state index in [0.717, 1.165) is 41.2 Å². The first-order chi connectivity index (χ1) is 12.7. The lowest BCUT2D eigenvalue weighted by atomic mass is 10.1. The molecule has 5 nitrogen and oxygen atoms in total. The van der Waals surface area contributed by atoms with E-state index in [1.807, 2.05) is 24.3 Å². The lowest BCUT2D eigenvalue weighted by molar-refractivity contribution is 0.237. The van der Waals surface area contributed by atoms with Gasteiger partial charge in [0.2, 0.25) is 5.71 Å². The van der Waals surface area contributed by atoms with Crippen LogP contribution < -0.4 is 5.32 Å². The SMILES string of the molecule is Cc1c(-c2ccc(Cl)cc2)oc2ncnc(NCCN3CCCCC3)c12. The number of rotatable bonds is 5. The minimum Gasteiger partial charge on any atom is -0.437 e.